The van der Waals surface area contributed by atoms with E-state index in [0.29, 0.717) is 6.04 Å². The molecule has 2 N–H and O–H groups in total. The second-order valence-corrected chi connectivity index (χ2v) is 3.12. The zero-order chi connectivity index (χ0) is 7.14. The van der Waals surface area contributed by atoms with Gasteiger partial charge in [0.15, 0.2) is 0 Å². The van der Waals surface area contributed by atoms with Gasteiger partial charge in [0.1, 0.15) is 6.04 Å². The van der Waals surface area contributed by atoms with Crippen molar-refractivity contribution in [2.45, 2.75) is 31.3 Å². The summed E-state index contributed by atoms with van der Waals surface area (Å²) in [5.41, 5.74) is 5.59. The highest BCUT2D eigenvalue weighted by Gasteiger charge is 2.45. The van der Waals surface area contributed by atoms with Gasteiger partial charge in [-0.2, -0.15) is 0 Å². The van der Waals surface area contributed by atoms with Gasteiger partial charge in [0.2, 0.25) is 5.91 Å². The van der Waals surface area contributed by atoms with Gasteiger partial charge in [-0.15, -0.1) is 0 Å². The molecule has 1 amide bonds. The van der Waals surface area contributed by atoms with E-state index in [9.17, 15) is 4.79 Å². The van der Waals surface area contributed by atoms with Gasteiger partial charge >= 0.3 is 0 Å². The molecule has 0 radical (unpaired) electrons. The van der Waals surface area contributed by atoms with Gasteiger partial charge in [-0.25, -0.2) is 0 Å². The summed E-state index contributed by atoms with van der Waals surface area (Å²) in [4.78, 5) is 12.9. The van der Waals surface area contributed by atoms with Crippen LogP contribution in [0.15, 0.2) is 0 Å². The van der Waals surface area contributed by atoms with Crippen LogP contribution in [0.3, 0.4) is 0 Å². The first-order valence-corrected chi connectivity index (χ1v) is 3.87. The van der Waals surface area contributed by atoms with Gasteiger partial charge in [0, 0.05) is 6.54 Å². The summed E-state index contributed by atoms with van der Waals surface area (Å²) in [6.07, 6.45) is 3.52. The molecule has 0 spiro atoms. The number of amides is 1. The van der Waals surface area contributed by atoms with E-state index in [2.05, 4.69) is 0 Å². The van der Waals surface area contributed by atoms with Crippen molar-refractivity contribution in [2.75, 3.05) is 6.54 Å². The van der Waals surface area contributed by atoms with Gasteiger partial charge in [0.25, 0.3) is 0 Å². The number of hydrogen-bond acceptors (Lipinski definition) is 2. The zero-order valence-electron chi connectivity index (χ0n) is 5.92. The van der Waals surface area contributed by atoms with Crippen LogP contribution < -0.4 is 5.73 Å². The maximum atomic E-state index is 11.0. The largest absolute Gasteiger partial charge is 0.336 e. The molecule has 2 aliphatic heterocycles. The Morgan fingerprint density at radius 1 is 1.50 bits per heavy atom. The maximum absolute atomic E-state index is 11.0. The SMILES string of the molecule is NC1C(=O)N2CCCC[C@H]12. The first-order valence-electron chi connectivity index (χ1n) is 3.87. The molecular weight excluding hydrogens is 128 g/mol. The number of nitrogens with zero attached hydrogens (tertiary/aromatic N) is 1. The van der Waals surface area contributed by atoms with Gasteiger partial charge < -0.3 is 10.6 Å². The highest BCUT2D eigenvalue weighted by molar-refractivity contribution is 5.89. The zero-order valence-corrected chi connectivity index (χ0v) is 5.92. The predicted octanol–water partition coefficient (Wildman–Crippen LogP) is -0.292. The van der Waals surface area contributed by atoms with Crippen LogP contribution in [0.5, 0.6) is 0 Å². The lowest BCUT2D eigenvalue weighted by Crippen LogP contribution is -2.69. The van der Waals surface area contributed by atoms with Crippen molar-refractivity contribution in [3.8, 4) is 0 Å². The number of nitrogens with two attached hydrogens (primary N) is 1. The van der Waals surface area contributed by atoms with Crippen LogP contribution in [0, 0.1) is 0 Å². The molecule has 10 heavy (non-hydrogen) atoms. The summed E-state index contributed by atoms with van der Waals surface area (Å²) >= 11 is 0. The molecule has 3 heteroatoms. The number of rotatable bonds is 0. The van der Waals surface area contributed by atoms with Crippen molar-refractivity contribution in [3.63, 3.8) is 0 Å². The smallest absolute Gasteiger partial charge is 0.241 e. The Balaban J connectivity index is 2.06. The minimum atomic E-state index is -0.166. The maximum Gasteiger partial charge on any atom is 0.241 e. The highest BCUT2D eigenvalue weighted by Crippen LogP contribution is 2.27. The van der Waals surface area contributed by atoms with Crippen molar-refractivity contribution >= 4 is 5.91 Å². The van der Waals surface area contributed by atoms with Crippen molar-refractivity contribution in [3.05, 3.63) is 0 Å². The van der Waals surface area contributed by atoms with Crippen molar-refractivity contribution in [2.24, 2.45) is 5.73 Å². The van der Waals surface area contributed by atoms with Gasteiger partial charge in [-0.1, -0.05) is 0 Å². The molecule has 0 aromatic heterocycles. The molecule has 3 nitrogen and oxygen atoms in total. The summed E-state index contributed by atoms with van der Waals surface area (Å²) in [5.74, 6) is 0.157. The quantitative estimate of drug-likeness (QED) is 0.470. The van der Waals surface area contributed by atoms with Crippen LogP contribution >= 0.6 is 0 Å². The van der Waals surface area contributed by atoms with Crippen LogP contribution in [0.2, 0.25) is 0 Å². The lowest BCUT2D eigenvalue weighted by atomic mass is 9.87. The summed E-state index contributed by atoms with van der Waals surface area (Å²) in [5, 5.41) is 0. The lowest BCUT2D eigenvalue weighted by molar-refractivity contribution is -0.151. The van der Waals surface area contributed by atoms with Crippen LogP contribution in [-0.4, -0.2) is 29.4 Å². The Morgan fingerprint density at radius 3 is 3.00 bits per heavy atom. The number of hydrogen-bond donors (Lipinski definition) is 1. The van der Waals surface area contributed by atoms with Crippen LogP contribution in [0.4, 0.5) is 0 Å². The second kappa shape index (κ2) is 1.95. The number of carbonyl (C=O) groups is 1. The molecule has 2 rings (SSSR count). The molecular formula is C7H12N2O. The first kappa shape index (κ1) is 6.16. The normalized spacial score (nSPS) is 38.9. The van der Waals surface area contributed by atoms with E-state index in [0.717, 1.165) is 19.4 Å². The number of β-lactam (4-membered cyclic amide) rings is 1. The minimum Gasteiger partial charge on any atom is -0.336 e. The van der Waals surface area contributed by atoms with Crippen LogP contribution in [-0.2, 0) is 4.79 Å². The predicted molar refractivity (Wildman–Crippen MR) is 37.3 cm³/mol. The standard InChI is InChI=1S/C7H12N2O/c8-6-5-3-1-2-4-9(5)7(6)10/h5-6H,1-4,8H2/t5-,6?/m1/s1. The third kappa shape index (κ3) is 0.611. The van der Waals surface area contributed by atoms with E-state index < -0.39 is 0 Å². The van der Waals surface area contributed by atoms with E-state index in [1.54, 1.807) is 0 Å². The summed E-state index contributed by atoms with van der Waals surface area (Å²) < 4.78 is 0. The fraction of sp³-hybridized carbons (Fsp3) is 0.857. The Kier molecular flexibility index (Phi) is 1.20. The van der Waals surface area contributed by atoms with Gasteiger partial charge in [-0.3, -0.25) is 4.79 Å². The van der Waals surface area contributed by atoms with Crippen molar-refractivity contribution < 1.29 is 4.79 Å². The number of fused-ring (bicyclic) bond motifs is 1. The van der Waals surface area contributed by atoms with Crippen LogP contribution in [0.25, 0.3) is 0 Å². The molecule has 56 valence electrons. The fourth-order valence-electron chi connectivity index (χ4n) is 1.88. The van der Waals surface area contributed by atoms with E-state index in [1.807, 2.05) is 4.90 Å². The summed E-state index contributed by atoms with van der Waals surface area (Å²) in [6.45, 7) is 0.942. The molecule has 2 aliphatic rings. The average Bonchev–Trinajstić information content (AvgIpc) is 2.03. The first-order chi connectivity index (χ1) is 4.80. The molecule has 0 saturated carbocycles. The molecule has 2 saturated heterocycles. The monoisotopic (exact) mass is 140 g/mol. The van der Waals surface area contributed by atoms with E-state index in [-0.39, 0.29) is 11.9 Å². The number of carbonyl (C=O) groups excluding carboxylic acids is 1. The van der Waals surface area contributed by atoms with E-state index >= 15 is 0 Å². The topological polar surface area (TPSA) is 46.3 Å². The van der Waals surface area contributed by atoms with Gasteiger partial charge in [-0.05, 0) is 19.3 Å². The van der Waals surface area contributed by atoms with Crippen LogP contribution in [0.1, 0.15) is 19.3 Å². The summed E-state index contributed by atoms with van der Waals surface area (Å²) in [6, 6.07) is 0.224. The lowest BCUT2D eigenvalue weighted by Gasteiger charge is -2.48. The number of piperidine rings is 1. The minimum absolute atomic E-state index is 0.157. The third-order valence-electron chi connectivity index (χ3n) is 2.53. The Morgan fingerprint density at radius 2 is 2.30 bits per heavy atom. The molecule has 0 aromatic carbocycles. The highest BCUT2D eigenvalue weighted by atomic mass is 16.2. The second-order valence-electron chi connectivity index (χ2n) is 3.12. The van der Waals surface area contributed by atoms with Gasteiger partial charge in [0.05, 0.1) is 6.04 Å². The Hall–Kier alpha value is -0.570. The molecule has 2 fully saturated rings. The van der Waals surface area contributed by atoms with Crippen molar-refractivity contribution in [1.29, 1.82) is 0 Å². The van der Waals surface area contributed by atoms with E-state index in [1.165, 1.54) is 6.42 Å². The Bertz CT molecular complexity index is 169. The molecule has 1 unspecified atom stereocenters. The Labute approximate surface area is 60.2 Å². The van der Waals surface area contributed by atoms with E-state index in [4.69, 9.17) is 5.73 Å². The third-order valence-corrected chi connectivity index (χ3v) is 2.53. The molecule has 0 aromatic rings. The molecule has 2 atom stereocenters. The molecule has 0 bridgehead atoms. The molecule has 0 aliphatic carbocycles. The molecule has 2 heterocycles. The average molecular weight is 140 g/mol. The fourth-order valence-corrected chi connectivity index (χ4v) is 1.88. The summed E-state index contributed by atoms with van der Waals surface area (Å²) in [7, 11) is 0. The van der Waals surface area contributed by atoms with Crippen molar-refractivity contribution in [1.82, 2.24) is 4.90 Å².